The first-order chi connectivity index (χ1) is 11.3. The van der Waals surface area contributed by atoms with Gasteiger partial charge in [-0.25, -0.2) is 4.98 Å². The second-order valence-electron chi connectivity index (χ2n) is 5.04. The van der Waals surface area contributed by atoms with Gasteiger partial charge in [0.15, 0.2) is 5.76 Å². The Morgan fingerprint density at radius 2 is 2.09 bits per heavy atom. The monoisotopic (exact) mass is 330 g/mol. The van der Waals surface area contributed by atoms with E-state index in [-0.39, 0.29) is 0 Å². The van der Waals surface area contributed by atoms with Gasteiger partial charge in [-0.05, 0) is 12.1 Å². The highest BCUT2D eigenvalue weighted by atomic mass is 32.1. The fraction of sp³-hybridized carbons (Fsp3) is 0.312. The zero-order chi connectivity index (χ0) is 15.9. The van der Waals surface area contributed by atoms with Gasteiger partial charge in [-0.15, -0.1) is 11.3 Å². The Labute approximate surface area is 138 Å². The first-order valence-electron chi connectivity index (χ1n) is 7.31. The second-order valence-corrected chi connectivity index (χ2v) is 6.02. The summed E-state index contributed by atoms with van der Waals surface area (Å²) in [6.45, 7) is 2.91. The summed E-state index contributed by atoms with van der Waals surface area (Å²) >= 11 is 1.65. The molecule has 0 aliphatic heterocycles. The highest BCUT2D eigenvalue weighted by Gasteiger charge is 2.13. The van der Waals surface area contributed by atoms with Crippen LogP contribution in [0.4, 0.5) is 0 Å². The zero-order valence-corrected chi connectivity index (χ0v) is 13.7. The molecule has 0 aliphatic carbocycles. The Bertz CT molecular complexity index is 700. The SMILES string of the molecule is COCCN(Cc1cc(-c2ccncc2)no1)Cc1nccs1. The summed E-state index contributed by atoms with van der Waals surface area (Å²) in [6.07, 6.45) is 5.32. The molecule has 3 aromatic rings. The standard InChI is InChI=1S/C16H18N4O2S/c1-21-8-7-20(12-16-18-6-9-23-16)11-14-10-15(19-22-14)13-2-4-17-5-3-13/h2-6,9-10H,7-8,11-12H2,1H3. The molecule has 23 heavy (non-hydrogen) atoms. The quantitative estimate of drug-likeness (QED) is 0.633. The molecule has 7 heteroatoms. The van der Waals surface area contributed by atoms with Gasteiger partial charge >= 0.3 is 0 Å². The molecule has 0 unspecified atom stereocenters. The van der Waals surface area contributed by atoms with Crippen molar-refractivity contribution in [2.45, 2.75) is 13.1 Å². The van der Waals surface area contributed by atoms with Gasteiger partial charge in [0.2, 0.25) is 0 Å². The number of methoxy groups -OCH3 is 1. The third-order valence-electron chi connectivity index (χ3n) is 3.37. The normalized spacial score (nSPS) is 11.2. The van der Waals surface area contributed by atoms with E-state index in [9.17, 15) is 0 Å². The van der Waals surface area contributed by atoms with Crippen LogP contribution in [0.1, 0.15) is 10.8 Å². The minimum atomic E-state index is 0.663. The minimum absolute atomic E-state index is 0.663. The minimum Gasteiger partial charge on any atom is -0.383 e. The van der Waals surface area contributed by atoms with E-state index < -0.39 is 0 Å². The molecule has 0 amide bonds. The van der Waals surface area contributed by atoms with Gasteiger partial charge in [0.1, 0.15) is 10.7 Å². The van der Waals surface area contributed by atoms with Crippen LogP contribution in [0, 0.1) is 0 Å². The highest BCUT2D eigenvalue weighted by Crippen LogP contribution is 2.19. The first kappa shape index (κ1) is 15.8. The number of rotatable bonds is 8. The van der Waals surface area contributed by atoms with Crippen molar-refractivity contribution in [3.63, 3.8) is 0 Å². The van der Waals surface area contributed by atoms with E-state index in [1.54, 1.807) is 30.8 Å². The number of nitrogens with zero attached hydrogens (tertiary/aromatic N) is 4. The van der Waals surface area contributed by atoms with Gasteiger partial charge < -0.3 is 9.26 Å². The Kier molecular flexibility index (Phi) is 5.46. The summed E-state index contributed by atoms with van der Waals surface area (Å²) < 4.78 is 10.7. The Morgan fingerprint density at radius 1 is 1.22 bits per heavy atom. The summed E-state index contributed by atoms with van der Waals surface area (Å²) in [4.78, 5) is 10.6. The van der Waals surface area contributed by atoms with E-state index in [1.165, 1.54) is 0 Å². The van der Waals surface area contributed by atoms with Gasteiger partial charge in [-0.3, -0.25) is 9.88 Å². The molecule has 0 saturated heterocycles. The maximum absolute atomic E-state index is 5.48. The molecule has 0 aromatic carbocycles. The third-order valence-corrected chi connectivity index (χ3v) is 4.13. The largest absolute Gasteiger partial charge is 0.383 e. The van der Waals surface area contributed by atoms with Gasteiger partial charge in [-0.1, -0.05) is 5.16 Å². The van der Waals surface area contributed by atoms with Crippen LogP contribution in [-0.2, 0) is 17.8 Å². The number of aromatic nitrogens is 3. The van der Waals surface area contributed by atoms with Crippen LogP contribution in [0.3, 0.4) is 0 Å². The van der Waals surface area contributed by atoms with Crippen molar-refractivity contribution in [3.05, 3.63) is 52.9 Å². The zero-order valence-electron chi connectivity index (χ0n) is 12.9. The number of pyridine rings is 1. The smallest absolute Gasteiger partial charge is 0.151 e. The van der Waals surface area contributed by atoms with Gasteiger partial charge in [0, 0.05) is 49.3 Å². The fourth-order valence-corrected chi connectivity index (χ4v) is 2.88. The van der Waals surface area contributed by atoms with Crippen LogP contribution in [-0.4, -0.2) is 40.3 Å². The Hall–Kier alpha value is -2.09. The van der Waals surface area contributed by atoms with Crippen molar-refractivity contribution in [3.8, 4) is 11.3 Å². The molecule has 120 valence electrons. The van der Waals surface area contributed by atoms with Crippen molar-refractivity contribution in [1.82, 2.24) is 20.0 Å². The summed E-state index contributed by atoms with van der Waals surface area (Å²) in [5.74, 6) is 0.824. The van der Waals surface area contributed by atoms with Crippen LogP contribution in [0.15, 0.2) is 46.7 Å². The summed E-state index contributed by atoms with van der Waals surface area (Å²) in [5.41, 5.74) is 1.82. The maximum atomic E-state index is 5.48. The molecule has 0 aliphatic rings. The third kappa shape index (κ3) is 4.44. The molecule has 3 aromatic heterocycles. The molecule has 3 heterocycles. The average Bonchev–Trinajstić information content (AvgIpc) is 3.25. The molecule has 0 N–H and O–H groups in total. The molecule has 0 spiro atoms. The van der Waals surface area contributed by atoms with E-state index in [2.05, 4.69) is 20.0 Å². The second kappa shape index (κ2) is 7.96. The van der Waals surface area contributed by atoms with Crippen molar-refractivity contribution in [1.29, 1.82) is 0 Å². The van der Waals surface area contributed by atoms with Crippen molar-refractivity contribution >= 4 is 11.3 Å². The van der Waals surface area contributed by atoms with E-state index in [4.69, 9.17) is 9.26 Å². The Balaban J connectivity index is 1.68. The topological polar surface area (TPSA) is 64.3 Å². The van der Waals surface area contributed by atoms with E-state index in [0.717, 1.165) is 35.1 Å². The lowest BCUT2D eigenvalue weighted by molar-refractivity contribution is 0.133. The highest BCUT2D eigenvalue weighted by molar-refractivity contribution is 7.09. The predicted octanol–water partition coefficient (Wildman–Crippen LogP) is 2.84. The van der Waals surface area contributed by atoms with Crippen molar-refractivity contribution in [2.75, 3.05) is 20.3 Å². The van der Waals surface area contributed by atoms with E-state index in [0.29, 0.717) is 13.2 Å². The fourth-order valence-electron chi connectivity index (χ4n) is 2.22. The molecular weight excluding hydrogens is 312 g/mol. The summed E-state index contributed by atoms with van der Waals surface area (Å²) in [6, 6.07) is 5.80. The van der Waals surface area contributed by atoms with Crippen LogP contribution in [0.5, 0.6) is 0 Å². The molecule has 3 rings (SSSR count). The lowest BCUT2D eigenvalue weighted by Crippen LogP contribution is -2.26. The summed E-state index contributed by atoms with van der Waals surface area (Å²) in [7, 11) is 1.71. The van der Waals surface area contributed by atoms with Crippen molar-refractivity contribution < 1.29 is 9.26 Å². The molecule has 0 saturated carbocycles. The van der Waals surface area contributed by atoms with Crippen LogP contribution >= 0.6 is 11.3 Å². The van der Waals surface area contributed by atoms with Crippen LogP contribution < -0.4 is 0 Å². The lowest BCUT2D eigenvalue weighted by atomic mass is 10.2. The molecule has 0 fully saturated rings. The van der Waals surface area contributed by atoms with Gasteiger partial charge in [0.25, 0.3) is 0 Å². The Morgan fingerprint density at radius 3 is 2.83 bits per heavy atom. The predicted molar refractivity (Wildman–Crippen MR) is 87.8 cm³/mol. The first-order valence-corrected chi connectivity index (χ1v) is 8.19. The van der Waals surface area contributed by atoms with E-state index in [1.807, 2.05) is 29.8 Å². The van der Waals surface area contributed by atoms with Gasteiger partial charge in [-0.2, -0.15) is 0 Å². The van der Waals surface area contributed by atoms with Crippen molar-refractivity contribution in [2.24, 2.45) is 0 Å². The average molecular weight is 330 g/mol. The number of thiazole rings is 1. The molecule has 0 atom stereocenters. The lowest BCUT2D eigenvalue weighted by Gasteiger charge is -2.18. The molecule has 0 bridgehead atoms. The number of ether oxygens (including phenoxy) is 1. The number of hydrogen-bond donors (Lipinski definition) is 0. The van der Waals surface area contributed by atoms with Crippen LogP contribution in [0.2, 0.25) is 0 Å². The molecule has 0 radical (unpaired) electrons. The number of hydrogen-bond acceptors (Lipinski definition) is 7. The molecule has 6 nitrogen and oxygen atoms in total. The van der Waals surface area contributed by atoms with Gasteiger partial charge in [0.05, 0.1) is 19.7 Å². The van der Waals surface area contributed by atoms with Crippen LogP contribution in [0.25, 0.3) is 11.3 Å². The molecular formula is C16H18N4O2S. The van der Waals surface area contributed by atoms with E-state index >= 15 is 0 Å². The maximum Gasteiger partial charge on any atom is 0.151 e. The summed E-state index contributed by atoms with van der Waals surface area (Å²) in [5, 5.41) is 7.21.